The molecule has 0 radical (unpaired) electrons. The second kappa shape index (κ2) is 6.03. The SMILES string of the molecule is O[C@H](CSc1cnc2ccccc2n1)c1ccccc1. The first-order valence-corrected chi connectivity index (χ1v) is 7.39. The van der Waals surface area contributed by atoms with Gasteiger partial charge in [0.15, 0.2) is 0 Å². The Morgan fingerprint density at radius 1 is 0.950 bits per heavy atom. The normalized spacial score (nSPS) is 12.4. The van der Waals surface area contributed by atoms with Crippen LogP contribution in [0.3, 0.4) is 0 Å². The molecule has 3 rings (SSSR count). The van der Waals surface area contributed by atoms with Gasteiger partial charge in [0.05, 0.1) is 23.3 Å². The third kappa shape index (κ3) is 2.98. The van der Waals surface area contributed by atoms with E-state index in [4.69, 9.17) is 0 Å². The molecule has 0 aliphatic carbocycles. The molecular formula is C16H14N2OS. The first kappa shape index (κ1) is 13.1. The summed E-state index contributed by atoms with van der Waals surface area (Å²) in [5.74, 6) is 0.567. The van der Waals surface area contributed by atoms with E-state index >= 15 is 0 Å². The summed E-state index contributed by atoms with van der Waals surface area (Å²) in [6, 6.07) is 17.4. The molecule has 2 aromatic carbocycles. The monoisotopic (exact) mass is 282 g/mol. The molecule has 0 bridgehead atoms. The maximum absolute atomic E-state index is 10.1. The Morgan fingerprint density at radius 2 is 1.65 bits per heavy atom. The zero-order chi connectivity index (χ0) is 13.8. The lowest BCUT2D eigenvalue weighted by Gasteiger charge is -2.10. The van der Waals surface area contributed by atoms with Crippen LogP contribution in [-0.4, -0.2) is 20.8 Å². The van der Waals surface area contributed by atoms with Gasteiger partial charge >= 0.3 is 0 Å². The van der Waals surface area contributed by atoms with Crippen LogP contribution >= 0.6 is 11.8 Å². The maximum atomic E-state index is 10.1. The highest BCUT2D eigenvalue weighted by Gasteiger charge is 2.08. The molecule has 1 aromatic heterocycles. The number of rotatable bonds is 4. The number of hydrogen-bond donors (Lipinski definition) is 1. The number of benzene rings is 2. The van der Waals surface area contributed by atoms with Crippen LogP contribution in [0.25, 0.3) is 11.0 Å². The van der Waals surface area contributed by atoms with Crippen LogP contribution in [0.4, 0.5) is 0 Å². The van der Waals surface area contributed by atoms with Gasteiger partial charge in [-0.15, -0.1) is 11.8 Å². The molecule has 0 saturated carbocycles. The van der Waals surface area contributed by atoms with Gasteiger partial charge in [-0.05, 0) is 17.7 Å². The number of fused-ring (bicyclic) bond motifs is 1. The number of hydrogen-bond acceptors (Lipinski definition) is 4. The summed E-state index contributed by atoms with van der Waals surface area (Å²) in [6.07, 6.45) is 1.26. The minimum atomic E-state index is -0.491. The van der Waals surface area contributed by atoms with Crippen molar-refractivity contribution in [2.75, 3.05) is 5.75 Å². The molecule has 1 N–H and O–H groups in total. The third-order valence-corrected chi connectivity index (χ3v) is 3.97. The molecule has 4 heteroatoms. The molecule has 20 heavy (non-hydrogen) atoms. The van der Waals surface area contributed by atoms with E-state index < -0.39 is 6.10 Å². The van der Waals surface area contributed by atoms with E-state index in [9.17, 15) is 5.11 Å². The summed E-state index contributed by atoms with van der Waals surface area (Å²) in [4.78, 5) is 8.90. The first-order valence-electron chi connectivity index (χ1n) is 6.40. The maximum Gasteiger partial charge on any atom is 0.115 e. The number of nitrogens with zero attached hydrogens (tertiary/aromatic N) is 2. The van der Waals surface area contributed by atoms with Crippen molar-refractivity contribution in [3.8, 4) is 0 Å². The predicted octanol–water partition coefficient (Wildman–Crippen LogP) is 3.46. The van der Waals surface area contributed by atoms with Crippen molar-refractivity contribution in [2.24, 2.45) is 0 Å². The lowest BCUT2D eigenvalue weighted by atomic mass is 10.1. The number of aromatic nitrogens is 2. The molecule has 0 aliphatic heterocycles. The Balaban J connectivity index is 1.70. The van der Waals surface area contributed by atoms with E-state index in [2.05, 4.69) is 9.97 Å². The highest BCUT2D eigenvalue weighted by Crippen LogP contribution is 2.24. The molecule has 3 nitrogen and oxygen atoms in total. The van der Waals surface area contributed by atoms with E-state index in [1.54, 1.807) is 6.20 Å². The fourth-order valence-electron chi connectivity index (χ4n) is 1.95. The zero-order valence-corrected chi connectivity index (χ0v) is 11.6. The second-order valence-electron chi connectivity index (χ2n) is 4.43. The fourth-order valence-corrected chi connectivity index (χ4v) is 2.76. The molecule has 1 atom stereocenters. The second-order valence-corrected chi connectivity index (χ2v) is 5.47. The summed E-state index contributed by atoms with van der Waals surface area (Å²) in [5, 5.41) is 11.0. The van der Waals surface area contributed by atoms with Gasteiger partial charge in [-0.2, -0.15) is 0 Å². The van der Waals surface area contributed by atoms with Crippen molar-refractivity contribution in [2.45, 2.75) is 11.1 Å². The summed E-state index contributed by atoms with van der Waals surface area (Å²) in [6.45, 7) is 0. The smallest absolute Gasteiger partial charge is 0.115 e. The van der Waals surface area contributed by atoms with Gasteiger partial charge in [0.25, 0.3) is 0 Å². The number of para-hydroxylation sites is 2. The van der Waals surface area contributed by atoms with E-state index in [0.29, 0.717) is 5.75 Å². The molecule has 100 valence electrons. The van der Waals surface area contributed by atoms with Crippen molar-refractivity contribution in [3.05, 3.63) is 66.4 Å². The lowest BCUT2D eigenvalue weighted by Crippen LogP contribution is -2.00. The highest BCUT2D eigenvalue weighted by molar-refractivity contribution is 7.99. The van der Waals surface area contributed by atoms with Crippen LogP contribution < -0.4 is 0 Å². The first-order chi connectivity index (χ1) is 9.83. The Morgan fingerprint density at radius 3 is 2.45 bits per heavy atom. The van der Waals surface area contributed by atoms with Crippen LogP contribution in [0.1, 0.15) is 11.7 Å². The highest BCUT2D eigenvalue weighted by atomic mass is 32.2. The van der Waals surface area contributed by atoms with Crippen LogP contribution in [0.2, 0.25) is 0 Å². The van der Waals surface area contributed by atoms with E-state index in [1.165, 1.54) is 11.8 Å². The average molecular weight is 282 g/mol. The van der Waals surface area contributed by atoms with Crippen molar-refractivity contribution in [1.82, 2.24) is 9.97 Å². The van der Waals surface area contributed by atoms with Gasteiger partial charge in [-0.1, -0.05) is 42.5 Å². The van der Waals surface area contributed by atoms with Crippen molar-refractivity contribution >= 4 is 22.8 Å². The van der Waals surface area contributed by atoms with Gasteiger partial charge in [-0.3, -0.25) is 4.98 Å². The summed E-state index contributed by atoms with van der Waals surface area (Å²) in [7, 11) is 0. The molecular weight excluding hydrogens is 268 g/mol. The average Bonchev–Trinajstić information content (AvgIpc) is 2.53. The Bertz CT molecular complexity index is 703. The quantitative estimate of drug-likeness (QED) is 0.744. The lowest BCUT2D eigenvalue weighted by molar-refractivity contribution is 0.204. The van der Waals surface area contributed by atoms with Crippen molar-refractivity contribution in [3.63, 3.8) is 0 Å². The van der Waals surface area contributed by atoms with Crippen LogP contribution in [0, 0.1) is 0 Å². The third-order valence-electron chi connectivity index (χ3n) is 3.00. The van der Waals surface area contributed by atoms with Gasteiger partial charge in [-0.25, -0.2) is 4.98 Å². The predicted molar refractivity (Wildman–Crippen MR) is 81.7 cm³/mol. The van der Waals surface area contributed by atoms with E-state index in [0.717, 1.165) is 21.6 Å². The van der Waals surface area contributed by atoms with Crippen molar-refractivity contribution < 1.29 is 5.11 Å². The summed E-state index contributed by atoms with van der Waals surface area (Å²) < 4.78 is 0. The molecule has 0 saturated heterocycles. The molecule has 0 aliphatic rings. The summed E-state index contributed by atoms with van der Waals surface area (Å²) >= 11 is 1.51. The van der Waals surface area contributed by atoms with E-state index in [1.807, 2.05) is 54.6 Å². The van der Waals surface area contributed by atoms with E-state index in [-0.39, 0.29) is 0 Å². The largest absolute Gasteiger partial charge is 0.388 e. The number of aliphatic hydroxyl groups is 1. The number of thioether (sulfide) groups is 1. The molecule has 0 spiro atoms. The zero-order valence-electron chi connectivity index (χ0n) is 10.8. The van der Waals surface area contributed by atoms with Crippen LogP contribution in [0.15, 0.2) is 65.8 Å². The van der Waals surface area contributed by atoms with Crippen LogP contribution in [0.5, 0.6) is 0 Å². The van der Waals surface area contributed by atoms with Crippen LogP contribution in [-0.2, 0) is 0 Å². The molecule has 1 heterocycles. The Hall–Kier alpha value is -1.91. The number of aliphatic hydroxyl groups excluding tert-OH is 1. The van der Waals surface area contributed by atoms with Crippen molar-refractivity contribution in [1.29, 1.82) is 0 Å². The minimum absolute atomic E-state index is 0.491. The van der Waals surface area contributed by atoms with Gasteiger partial charge in [0.2, 0.25) is 0 Å². The summed E-state index contributed by atoms with van der Waals surface area (Å²) in [5.41, 5.74) is 2.70. The molecule has 0 unspecified atom stereocenters. The molecule has 3 aromatic rings. The van der Waals surface area contributed by atoms with Gasteiger partial charge in [0.1, 0.15) is 5.03 Å². The minimum Gasteiger partial charge on any atom is -0.388 e. The molecule has 0 amide bonds. The topological polar surface area (TPSA) is 46.0 Å². The molecule has 0 fully saturated rings. The van der Waals surface area contributed by atoms with Gasteiger partial charge in [0, 0.05) is 5.75 Å². The standard InChI is InChI=1S/C16H14N2OS/c19-15(12-6-2-1-3-7-12)11-20-16-10-17-13-8-4-5-9-14(13)18-16/h1-10,15,19H,11H2/t15-/m1/s1. The Labute approximate surface area is 121 Å². The van der Waals surface area contributed by atoms with Gasteiger partial charge < -0.3 is 5.11 Å². The Kier molecular flexibility index (Phi) is 3.95. The fraction of sp³-hybridized carbons (Fsp3) is 0.125.